The van der Waals surface area contributed by atoms with Gasteiger partial charge in [0.2, 0.25) is 0 Å². The second-order valence-electron chi connectivity index (χ2n) is 8.32. The van der Waals surface area contributed by atoms with Crippen LogP contribution in [0.2, 0.25) is 0 Å². The van der Waals surface area contributed by atoms with E-state index >= 15 is 0 Å². The van der Waals surface area contributed by atoms with Gasteiger partial charge in [0.05, 0.1) is 49.7 Å². The van der Waals surface area contributed by atoms with Crippen molar-refractivity contribution in [1.82, 2.24) is 4.57 Å². The van der Waals surface area contributed by atoms with Crippen LogP contribution in [0.25, 0.3) is 6.08 Å². The molecule has 0 fully saturated rings. The number of ether oxygens (including phenoxy) is 5. The SMILES string of the molecule is CCOc1ccc(/C=c2\sc3n(c2=O)[C@H](c2ccc(OCC)c(OCC)c2)C(C(=O)OC)=CN=3)cc1OCC. The van der Waals surface area contributed by atoms with E-state index in [-0.39, 0.29) is 11.1 Å². The van der Waals surface area contributed by atoms with Crippen molar-refractivity contribution in [3.8, 4) is 23.0 Å². The minimum absolute atomic E-state index is 0.239. The van der Waals surface area contributed by atoms with Crippen molar-refractivity contribution in [2.24, 2.45) is 4.99 Å². The molecule has 1 aliphatic rings. The monoisotopic (exact) mass is 552 g/mol. The Hall–Kier alpha value is -4.05. The smallest absolute Gasteiger partial charge is 0.337 e. The number of nitrogens with zero attached hydrogens (tertiary/aromatic N) is 2. The van der Waals surface area contributed by atoms with Crippen molar-refractivity contribution in [3.05, 3.63) is 79.0 Å². The quantitative estimate of drug-likeness (QED) is 0.335. The molecule has 1 atom stereocenters. The van der Waals surface area contributed by atoms with E-state index in [9.17, 15) is 9.59 Å². The molecular weight excluding hydrogens is 520 g/mol. The Morgan fingerprint density at radius 2 is 1.49 bits per heavy atom. The first-order valence-corrected chi connectivity index (χ1v) is 13.7. The van der Waals surface area contributed by atoms with E-state index in [4.69, 9.17) is 23.7 Å². The van der Waals surface area contributed by atoms with Gasteiger partial charge in [-0.25, -0.2) is 9.79 Å². The van der Waals surface area contributed by atoms with Crippen molar-refractivity contribution in [2.45, 2.75) is 33.7 Å². The first-order valence-electron chi connectivity index (χ1n) is 12.8. The lowest BCUT2D eigenvalue weighted by molar-refractivity contribution is -0.136. The Balaban J connectivity index is 1.86. The summed E-state index contributed by atoms with van der Waals surface area (Å²) in [7, 11) is 1.30. The molecular formula is C29H32N2O7S. The average molecular weight is 553 g/mol. The average Bonchev–Trinajstić information content (AvgIpc) is 3.25. The third-order valence-electron chi connectivity index (χ3n) is 5.87. The number of fused-ring (bicyclic) bond motifs is 1. The van der Waals surface area contributed by atoms with Crippen LogP contribution in [0.4, 0.5) is 0 Å². The molecule has 39 heavy (non-hydrogen) atoms. The number of methoxy groups -OCH3 is 1. The molecule has 2 aromatic carbocycles. The topological polar surface area (TPSA) is 97.6 Å². The molecule has 0 radical (unpaired) electrons. The Kier molecular flexibility index (Phi) is 9.08. The molecule has 0 bridgehead atoms. The summed E-state index contributed by atoms with van der Waals surface area (Å²) in [6.45, 7) is 9.47. The highest BCUT2D eigenvalue weighted by molar-refractivity contribution is 7.07. The maximum atomic E-state index is 13.8. The van der Waals surface area contributed by atoms with Crippen molar-refractivity contribution < 1.29 is 28.5 Å². The predicted molar refractivity (Wildman–Crippen MR) is 149 cm³/mol. The fraction of sp³-hybridized carbons (Fsp3) is 0.345. The van der Waals surface area contributed by atoms with E-state index in [0.717, 1.165) is 5.56 Å². The number of benzene rings is 2. The van der Waals surface area contributed by atoms with Crippen LogP contribution in [0.1, 0.15) is 44.9 Å². The van der Waals surface area contributed by atoms with Crippen LogP contribution in [-0.4, -0.2) is 44.1 Å². The van der Waals surface area contributed by atoms with Crippen molar-refractivity contribution >= 4 is 23.4 Å². The minimum Gasteiger partial charge on any atom is -0.490 e. The molecule has 1 aromatic heterocycles. The van der Waals surface area contributed by atoms with Gasteiger partial charge in [-0.1, -0.05) is 23.5 Å². The molecule has 2 heterocycles. The minimum atomic E-state index is -0.759. The summed E-state index contributed by atoms with van der Waals surface area (Å²) < 4.78 is 29.9. The summed E-state index contributed by atoms with van der Waals surface area (Å²) in [5.41, 5.74) is 1.40. The van der Waals surface area contributed by atoms with Gasteiger partial charge in [0.15, 0.2) is 27.8 Å². The third kappa shape index (κ3) is 5.85. The fourth-order valence-electron chi connectivity index (χ4n) is 4.30. The van der Waals surface area contributed by atoms with Crippen LogP contribution in [0.5, 0.6) is 23.0 Å². The standard InChI is InChI=1S/C29H32N2O7S/c1-6-35-21-12-10-18(14-23(21)37-8-3)15-25-27(32)31-26(20(28(33)34-5)17-30-29(31)39-25)19-11-13-22(36-7-2)24(16-19)38-9-4/h10-17,26H,6-9H2,1-5H3/b25-15-/t26-/m1/s1. The van der Waals surface area contributed by atoms with Gasteiger partial charge in [-0.3, -0.25) is 9.36 Å². The third-order valence-corrected chi connectivity index (χ3v) is 6.87. The summed E-state index contributed by atoms with van der Waals surface area (Å²) in [6.07, 6.45) is 3.25. The zero-order chi connectivity index (χ0) is 27.9. The zero-order valence-electron chi connectivity index (χ0n) is 22.7. The van der Waals surface area contributed by atoms with Gasteiger partial charge in [0, 0.05) is 6.20 Å². The number of aromatic nitrogens is 1. The number of rotatable bonds is 11. The molecule has 0 N–H and O–H groups in total. The lowest BCUT2D eigenvalue weighted by Crippen LogP contribution is -2.39. The molecule has 4 rings (SSSR count). The number of esters is 1. The Bertz CT molecular complexity index is 1550. The number of carbonyl (C=O) groups is 1. The molecule has 9 nitrogen and oxygen atoms in total. The maximum Gasteiger partial charge on any atom is 0.337 e. The predicted octanol–water partition coefficient (Wildman–Crippen LogP) is 3.61. The Labute approximate surface area is 230 Å². The summed E-state index contributed by atoms with van der Waals surface area (Å²) in [5.74, 6) is 1.78. The fourth-order valence-corrected chi connectivity index (χ4v) is 5.27. The molecule has 206 valence electrons. The largest absolute Gasteiger partial charge is 0.490 e. The molecule has 0 aliphatic carbocycles. The van der Waals surface area contributed by atoms with Crippen LogP contribution >= 0.6 is 11.3 Å². The second kappa shape index (κ2) is 12.7. The Morgan fingerprint density at radius 1 is 0.897 bits per heavy atom. The van der Waals surface area contributed by atoms with Crippen LogP contribution in [0.15, 0.2) is 58.0 Å². The highest BCUT2D eigenvalue weighted by atomic mass is 32.1. The first kappa shape index (κ1) is 28.0. The molecule has 0 spiro atoms. The molecule has 0 unspecified atom stereocenters. The van der Waals surface area contributed by atoms with E-state index in [0.29, 0.717) is 64.3 Å². The van der Waals surface area contributed by atoms with E-state index in [2.05, 4.69) is 4.99 Å². The highest BCUT2D eigenvalue weighted by Crippen LogP contribution is 2.35. The lowest BCUT2D eigenvalue weighted by atomic mass is 9.97. The summed E-state index contributed by atoms with van der Waals surface area (Å²) >= 11 is 1.24. The molecule has 0 amide bonds. The van der Waals surface area contributed by atoms with Gasteiger partial charge in [0.1, 0.15) is 0 Å². The molecule has 3 aromatic rings. The van der Waals surface area contributed by atoms with Gasteiger partial charge >= 0.3 is 5.97 Å². The van der Waals surface area contributed by atoms with Crippen LogP contribution in [-0.2, 0) is 9.53 Å². The van der Waals surface area contributed by atoms with E-state index in [1.807, 2.05) is 52.0 Å². The summed E-state index contributed by atoms with van der Waals surface area (Å²) in [4.78, 5) is 31.5. The summed E-state index contributed by atoms with van der Waals surface area (Å²) in [5, 5.41) is 0. The molecule has 10 heteroatoms. The normalized spacial score (nSPS) is 14.6. The van der Waals surface area contributed by atoms with Gasteiger partial charge in [-0.15, -0.1) is 0 Å². The van der Waals surface area contributed by atoms with E-state index < -0.39 is 12.0 Å². The zero-order valence-corrected chi connectivity index (χ0v) is 23.5. The lowest BCUT2D eigenvalue weighted by Gasteiger charge is -2.23. The van der Waals surface area contributed by atoms with Gasteiger partial charge in [-0.2, -0.15) is 0 Å². The summed E-state index contributed by atoms with van der Waals surface area (Å²) in [6, 6.07) is 10.2. The first-order chi connectivity index (χ1) is 18.9. The highest BCUT2D eigenvalue weighted by Gasteiger charge is 2.31. The van der Waals surface area contributed by atoms with Gasteiger partial charge in [-0.05, 0) is 69.2 Å². The van der Waals surface area contributed by atoms with E-state index in [1.54, 1.807) is 18.2 Å². The number of thiazole rings is 1. The van der Waals surface area contributed by atoms with Gasteiger partial charge < -0.3 is 23.7 Å². The van der Waals surface area contributed by atoms with Crippen molar-refractivity contribution in [1.29, 1.82) is 0 Å². The molecule has 0 saturated carbocycles. The number of carbonyl (C=O) groups excluding carboxylic acids is 1. The molecule has 0 saturated heterocycles. The second-order valence-corrected chi connectivity index (χ2v) is 9.33. The maximum absolute atomic E-state index is 13.8. The van der Waals surface area contributed by atoms with Gasteiger partial charge in [0.25, 0.3) is 5.56 Å². The van der Waals surface area contributed by atoms with Crippen LogP contribution < -0.4 is 33.8 Å². The van der Waals surface area contributed by atoms with Crippen molar-refractivity contribution in [2.75, 3.05) is 33.5 Å². The number of hydrogen-bond acceptors (Lipinski definition) is 9. The van der Waals surface area contributed by atoms with E-state index in [1.165, 1.54) is 29.2 Å². The number of hydrogen-bond donors (Lipinski definition) is 0. The van der Waals surface area contributed by atoms with Crippen LogP contribution in [0.3, 0.4) is 0 Å². The Morgan fingerprint density at radius 3 is 2.10 bits per heavy atom. The van der Waals surface area contributed by atoms with Crippen molar-refractivity contribution in [3.63, 3.8) is 0 Å². The van der Waals surface area contributed by atoms with Crippen LogP contribution in [0, 0.1) is 0 Å². The molecule has 1 aliphatic heterocycles.